The van der Waals surface area contributed by atoms with E-state index in [1.54, 1.807) is 7.05 Å². The first kappa shape index (κ1) is 17.6. The molecule has 0 heterocycles. The summed E-state index contributed by atoms with van der Waals surface area (Å²) >= 11 is 11.7. The van der Waals surface area contributed by atoms with Crippen LogP contribution in [-0.2, 0) is 6.54 Å². The standard InChI is InChI=1S/C17H16Cl2FNO2/c1-3-23-16-7-5-4-6-11(16)10-21(2)17(22)12-8-15(20)14(19)9-13(12)18/h4-9H,3,10H2,1-2H3. The fraction of sp³-hybridized carbons (Fsp3) is 0.235. The lowest BCUT2D eigenvalue weighted by Crippen LogP contribution is -2.27. The lowest BCUT2D eigenvalue weighted by atomic mass is 10.1. The van der Waals surface area contributed by atoms with Crippen LogP contribution in [0.1, 0.15) is 22.8 Å². The maximum absolute atomic E-state index is 13.6. The quantitative estimate of drug-likeness (QED) is 0.720. The SMILES string of the molecule is CCOc1ccccc1CN(C)C(=O)c1cc(F)c(Cl)cc1Cl. The van der Waals surface area contributed by atoms with Crippen LogP contribution in [0.4, 0.5) is 4.39 Å². The molecule has 0 aromatic heterocycles. The smallest absolute Gasteiger partial charge is 0.255 e. The van der Waals surface area contributed by atoms with E-state index in [0.29, 0.717) is 18.9 Å². The predicted molar refractivity (Wildman–Crippen MR) is 89.8 cm³/mol. The summed E-state index contributed by atoms with van der Waals surface area (Å²) in [7, 11) is 1.62. The zero-order chi connectivity index (χ0) is 17.0. The van der Waals surface area contributed by atoms with Gasteiger partial charge in [-0.15, -0.1) is 0 Å². The number of nitrogens with zero attached hydrogens (tertiary/aromatic N) is 1. The zero-order valence-corrected chi connectivity index (χ0v) is 14.3. The number of benzene rings is 2. The first-order valence-corrected chi connectivity index (χ1v) is 7.80. The lowest BCUT2D eigenvalue weighted by Gasteiger charge is -2.20. The topological polar surface area (TPSA) is 29.5 Å². The van der Waals surface area contributed by atoms with Crippen molar-refractivity contribution < 1.29 is 13.9 Å². The summed E-state index contributed by atoms with van der Waals surface area (Å²) in [5.41, 5.74) is 0.931. The van der Waals surface area contributed by atoms with Gasteiger partial charge in [0.1, 0.15) is 11.6 Å². The largest absolute Gasteiger partial charge is 0.494 e. The highest BCUT2D eigenvalue weighted by Crippen LogP contribution is 2.26. The van der Waals surface area contributed by atoms with Crippen molar-refractivity contribution in [1.82, 2.24) is 4.90 Å². The molecule has 2 aromatic carbocycles. The number of rotatable bonds is 5. The number of hydrogen-bond donors (Lipinski definition) is 0. The third-order valence-electron chi connectivity index (χ3n) is 3.27. The molecule has 0 saturated carbocycles. The Hall–Kier alpha value is -1.78. The van der Waals surface area contributed by atoms with Gasteiger partial charge in [0, 0.05) is 19.2 Å². The Balaban J connectivity index is 2.23. The lowest BCUT2D eigenvalue weighted by molar-refractivity contribution is 0.0783. The normalized spacial score (nSPS) is 10.5. The summed E-state index contributed by atoms with van der Waals surface area (Å²) in [5.74, 6) is -0.359. The van der Waals surface area contributed by atoms with Gasteiger partial charge in [0.15, 0.2) is 0 Å². The van der Waals surface area contributed by atoms with Crippen molar-refractivity contribution in [3.63, 3.8) is 0 Å². The molecule has 0 radical (unpaired) electrons. The molecule has 0 aliphatic heterocycles. The highest BCUT2D eigenvalue weighted by Gasteiger charge is 2.19. The van der Waals surface area contributed by atoms with Crippen molar-refractivity contribution in [3.8, 4) is 5.75 Å². The number of halogens is 3. The molecule has 0 aliphatic rings. The van der Waals surface area contributed by atoms with E-state index in [4.69, 9.17) is 27.9 Å². The number of para-hydroxylation sites is 1. The van der Waals surface area contributed by atoms with Crippen LogP contribution in [0, 0.1) is 5.82 Å². The number of hydrogen-bond acceptors (Lipinski definition) is 2. The zero-order valence-electron chi connectivity index (χ0n) is 12.8. The van der Waals surface area contributed by atoms with Crippen LogP contribution >= 0.6 is 23.2 Å². The van der Waals surface area contributed by atoms with E-state index in [1.807, 2.05) is 31.2 Å². The van der Waals surface area contributed by atoms with Gasteiger partial charge < -0.3 is 9.64 Å². The average molecular weight is 356 g/mol. The number of amides is 1. The molecule has 2 rings (SSSR count). The van der Waals surface area contributed by atoms with E-state index in [-0.39, 0.29) is 15.6 Å². The van der Waals surface area contributed by atoms with Crippen molar-refractivity contribution in [3.05, 3.63) is 63.4 Å². The van der Waals surface area contributed by atoms with Crippen molar-refractivity contribution in [2.75, 3.05) is 13.7 Å². The summed E-state index contributed by atoms with van der Waals surface area (Å²) in [6.07, 6.45) is 0. The van der Waals surface area contributed by atoms with Crippen molar-refractivity contribution in [1.29, 1.82) is 0 Å². The fourth-order valence-electron chi connectivity index (χ4n) is 2.15. The monoisotopic (exact) mass is 355 g/mol. The van der Waals surface area contributed by atoms with Gasteiger partial charge in [0.05, 0.1) is 22.2 Å². The van der Waals surface area contributed by atoms with E-state index in [1.165, 1.54) is 11.0 Å². The Kier molecular flexibility index (Phi) is 5.85. The van der Waals surface area contributed by atoms with E-state index in [0.717, 1.165) is 11.6 Å². The maximum atomic E-state index is 13.6. The molecule has 0 N–H and O–H groups in total. The summed E-state index contributed by atoms with van der Waals surface area (Å²) in [6.45, 7) is 2.74. The fourth-order valence-corrected chi connectivity index (χ4v) is 2.61. The summed E-state index contributed by atoms with van der Waals surface area (Å²) < 4.78 is 19.1. The van der Waals surface area contributed by atoms with Crippen molar-refractivity contribution in [2.24, 2.45) is 0 Å². The molecule has 0 spiro atoms. The van der Waals surface area contributed by atoms with Gasteiger partial charge in [0.2, 0.25) is 0 Å². The Bertz CT molecular complexity index is 722. The highest BCUT2D eigenvalue weighted by atomic mass is 35.5. The second kappa shape index (κ2) is 7.66. The van der Waals surface area contributed by atoms with Gasteiger partial charge >= 0.3 is 0 Å². The molecule has 0 unspecified atom stereocenters. The van der Waals surface area contributed by atoms with Gasteiger partial charge in [-0.05, 0) is 25.1 Å². The third kappa shape index (κ3) is 4.15. The van der Waals surface area contributed by atoms with Gasteiger partial charge in [-0.25, -0.2) is 4.39 Å². The highest BCUT2D eigenvalue weighted by molar-refractivity contribution is 6.36. The maximum Gasteiger partial charge on any atom is 0.255 e. The molecule has 3 nitrogen and oxygen atoms in total. The van der Waals surface area contributed by atoms with Crippen molar-refractivity contribution in [2.45, 2.75) is 13.5 Å². The van der Waals surface area contributed by atoms with Gasteiger partial charge in [-0.1, -0.05) is 41.4 Å². The minimum atomic E-state index is -0.678. The minimum Gasteiger partial charge on any atom is -0.494 e. The van der Waals surface area contributed by atoms with Crippen molar-refractivity contribution >= 4 is 29.1 Å². The van der Waals surface area contributed by atoms with Crippen LogP contribution in [0.5, 0.6) is 5.75 Å². The molecule has 1 amide bonds. The summed E-state index contributed by atoms with van der Waals surface area (Å²) in [5, 5.41) is 0.00207. The minimum absolute atomic E-state index is 0.0740. The molecule has 0 aliphatic carbocycles. The second-order valence-electron chi connectivity index (χ2n) is 4.95. The van der Waals surface area contributed by atoms with Crippen LogP contribution < -0.4 is 4.74 Å². The molecule has 0 fully saturated rings. The molecular weight excluding hydrogens is 340 g/mol. The Morgan fingerprint density at radius 1 is 1.22 bits per heavy atom. The number of carbonyl (C=O) groups is 1. The van der Waals surface area contributed by atoms with Crippen LogP contribution in [0.15, 0.2) is 36.4 Å². The molecule has 23 heavy (non-hydrogen) atoms. The van der Waals surface area contributed by atoms with Crippen LogP contribution in [0.3, 0.4) is 0 Å². The Labute approximate surface area is 144 Å². The van der Waals surface area contributed by atoms with Crippen LogP contribution in [-0.4, -0.2) is 24.5 Å². The molecule has 2 aromatic rings. The first-order chi connectivity index (χ1) is 10.9. The number of carbonyl (C=O) groups excluding carboxylic acids is 1. The van der Waals surface area contributed by atoms with Crippen LogP contribution in [0.2, 0.25) is 10.0 Å². The van der Waals surface area contributed by atoms with Gasteiger partial charge in [-0.3, -0.25) is 4.79 Å². The van der Waals surface area contributed by atoms with E-state index < -0.39 is 11.7 Å². The predicted octanol–water partition coefficient (Wildman–Crippen LogP) is 4.80. The molecule has 0 saturated heterocycles. The van der Waals surface area contributed by atoms with Gasteiger partial charge in [0.25, 0.3) is 5.91 Å². The van der Waals surface area contributed by atoms with E-state index in [2.05, 4.69) is 0 Å². The molecule has 0 atom stereocenters. The molecule has 0 bridgehead atoms. The Morgan fingerprint density at radius 3 is 2.61 bits per heavy atom. The third-order valence-corrected chi connectivity index (χ3v) is 3.87. The Morgan fingerprint density at radius 2 is 1.91 bits per heavy atom. The van der Waals surface area contributed by atoms with E-state index >= 15 is 0 Å². The van der Waals surface area contributed by atoms with Gasteiger partial charge in [-0.2, -0.15) is 0 Å². The molecule has 122 valence electrons. The summed E-state index contributed by atoms with van der Waals surface area (Å²) in [4.78, 5) is 13.9. The first-order valence-electron chi connectivity index (χ1n) is 7.04. The number of ether oxygens (including phenoxy) is 1. The molecule has 6 heteroatoms. The van der Waals surface area contributed by atoms with E-state index in [9.17, 15) is 9.18 Å². The molecular formula is C17H16Cl2FNO2. The average Bonchev–Trinajstić information content (AvgIpc) is 2.52. The second-order valence-corrected chi connectivity index (χ2v) is 5.76. The summed E-state index contributed by atoms with van der Waals surface area (Å²) in [6, 6.07) is 9.73. The van der Waals surface area contributed by atoms with Crippen LogP contribution in [0.25, 0.3) is 0 Å².